The van der Waals surface area contributed by atoms with E-state index in [4.69, 9.17) is 0 Å². The second kappa shape index (κ2) is 8.00. The van der Waals surface area contributed by atoms with Crippen LogP contribution in [0.3, 0.4) is 0 Å². The van der Waals surface area contributed by atoms with E-state index in [2.05, 4.69) is 29.2 Å². The number of pyridine rings is 2. The van der Waals surface area contributed by atoms with E-state index in [1.165, 1.54) is 5.56 Å². The summed E-state index contributed by atoms with van der Waals surface area (Å²) in [6.07, 6.45) is 4.77. The van der Waals surface area contributed by atoms with Crippen LogP contribution in [0, 0.1) is 0 Å². The zero-order valence-electron chi connectivity index (χ0n) is 15.2. The molecule has 0 bridgehead atoms. The topological polar surface area (TPSA) is 34.9 Å². The SMILES string of the molecule is O=c1c(-c2ccccc2)cc2cccnc2n1CCCCc1ccccc1. The minimum Gasteiger partial charge on any atom is -0.292 e. The van der Waals surface area contributed by atoms with Crippen molar-refractivity contribution in [2.45, 2.75) is 25.8 Å². The highest BCUT2D eigenvalue weighted by Crippen LogP contribution is 2.20. The summed E-state index contributed by atoms with van der Waals surface area (Å²) in [5.74, 6) is 0. The van der Waals surface area contributed by atoms with Crippen molar-refractivity contribution < 1.29 is 0 Å². The van der Waals surface area contributed by atoms with Crippen LogP contribution in [-0.4, -0.2) is 9.55 Å². The monoisotopic (exact) mass is 354 g/mol. The van der Waals surface area contributed by atoms with Crippen molar-refractivity contribution in [3.05, 3.63) is 101 Å². The van der Waals surface area contributed by atoms with E-state index in [-0.39, 0.29) is 5.56 Å². The summed E-state index contributed by atoms with van der Waals surface area (Å²) in [6.45, 7) is 0.680. The molecule has 0 saturated carbocycles. The smallest absolute Gasteiger partial charge is 0.260 e. The van der Waals surface area contributed by atoms with Crippen molar-refractivity contribution in [3.63, 3.8) is 0 Å². The van der Waals surface area contributed by atoms with Crippen LogP contribution in [0.1, 0.15) is 18.4 Å². The van der Waals surface area contributed by atoms with Gasteiger partial charge < -0.3 is 0 Å². The molecule has 3 nitrogen and oxygen atoms in total. The Morgan fingerprint density at radius 3 is 2.33 bits per heavy atom. The highest BCUT2D eigenvalue weighted by atomic mass is 16.1. The van der Waals surface area contributed by atoms with Gasteiger partial charge in [0.15, 0.2) is 0 Å². The van der Waals surface area contributed by atoms with Gasteiger partial charge in [0.2, 0.25) is 0 Å². The molecular formula is C24H22N2O. The van der Waals surface area contributed by atoms with Gasteiger partial charge >= 0.3 is 0 Å². The van der Waals surface area contributed by atoms with Crippen LogP contribution in [0.15, 0.2) is 89.9 Å². The summed E-state index contributed by atoms with van der Waals surface area (Å²) in [6, 6.07) is 26.2. The van der Waals surface area contributed by atoms with Crippen LogP contribution in [0.4, 0.5) is 0 Å². The van der Waals surface area contributed by atoms with Gasteiger partial charge in [-0.05, 0) is 48.6 Å². The zero-order valence-corrected chi connectivity index (χ0v) is 15.2. The van der Waals surface area contributed by atoms with Crippen LogP contribution in [0.2, 0.25) is 0 Å². The summed E-state index contributed by atoms with van der Waals surface area (Å²) in [4.78, 5) is 17.6. The predicted octanol–water partition coefficient (Wildman–Crippen LogP) is 5.09. The fourth-order valence-electron chi connectivity index (χ4n) is 3.48. The molecule has 0 saturated heterocycles. The molecule has 134 valence electrons. The van der Waals surface area contributed by atoms with Crippen molar-refractivity contribution in [1.29, 1.82) is 0 Å². The molecule has 0 aliphatic rings. The molecule has 0 fully saturated rings. The number of fused-ring (bicyclic) bond motifs is 1. The number of rotatable bonds is 6. The van der Waals surface area contributed by atoms with E-state index < -0.39 is 0 Å². The van der Waals surface area contributed by atoms with Crippen LogP contribution in [0.25, 0.3) is 22.2 Å². The molecule has 0 aliphatic heterocycles. The van der Waals surface area contributed by atoms with Crippen LogP contribution in [-0.2, 0) is 13.0 Å². The molecule has 3 heteroatoms. The maximum Gasteiger partial charge on any atom is 0.260 e. The van der Waals surface area contributed by atoms with Crippen molar-refractivity contribution in [1.82, 2.24) is 9.55 Å². The largest absolute Gasteiger partial charge is 0.292 e. The van der Waals surface area contributed by atoms with Gasteiger partial charge in [0.25, 0.3) is 5.56 Å². The van der Waals surface area contributed by atoms with Crippen molar-refractivity contribution >= 4 is 11.0 Å². The number of aromatic nitrogens is 2. The normalized spacial score (nSPS) is 11.0. The van der Waals surface area contributed by atoms with Crippen molar-refractivity contribution in [2.24, 2.45) is 0 Å². The van der Waals surface area contributed by atoms with E-state index >= 15 is 0 Å². The van der Waals surface area contributed by atoms with Gasteiger partial charge in [-0.15, -0.1) is 0 Å². The third-order valence-corrected chi connectivity index (χ3v) is 4.87. The summed E-state index contributed by atoms with van der Waals surface area (Å²) in [5, 5.41) is 0.999. The minimum absolute atomic E-state index is 0.0344. The van der Waals surface area contributed by atoms with E-state index in [1.54, 1.807) is 6.20 Å². The molecule has 0 aliphatic carbocycles. The summed E-state index contributed by atoms with van der Waals surface area (Å²) >= 11 is 0. The highest BCUT2D eigenvalue weighted by Gasteiger charge is 2.11. The lowest BCUT2D eigenvalue weighted by Gasteiger charge is -2.12. The average Bonchev–Trinajstić information content (AvgIpc) is 2.73. The van der Waals surface area contributed by atoms with Gasteiger partial charge in [0, 0.05) is 23.7 Å². The Hall–Kier alpha value is -3.20. The average molecular weight is 354 g/mol. The molecule has 2 aromatic heterocycles. The summed E-state index contributed by atoms with van der Waals surface area (Å²) in [7, 11) is 0. The molecule has 0 N–H and O–H groups in total. The Labute approximate surface area is 158 Å². The molecule has 4 aromatic rings. The quantitative estimate of drug-likeness (QED) is 0.452. The molecule has 0 amide bonds. The molecule has 2 aromatic carbocycles. The fraction of sp³-hybridized carbons (Fsp3) is 0.167. The fourth-order valence-corrected chi connectivity index (χ4v) is 3.48. The highest BCUT2D eigenvalue weighted by molar-refractivity contribution is 5.81. The Bertz CT molecular complexity index is 1090. The lowest BCUT2D eigenvalue weighted by atomic mass is 10.1. The maximum absolute atomic E-state index is 13.2. The maximum atomic E-state index is 13.2. The number of aryl methyl sites for hydroxylation is 2. The molecule has 0 unspecified atom stereocenters. The van der Waals surface area contributed by atoms with Crippen LogP contribution in [0.5, 0.6) is 0 Å². The second-order valence-electron chi connectivity index (χ2n) is 6.74. The lowest BCUT2D eigenvalue weighted by Crippen LogP contribution is -2.23. The first-order valence-electron chi connectivity index (χ1n) is 9.41. The van der Waals surface area contributed by atoms with Gasteiger partial charge in [-0.2, -0.15) is 0 Å². The zero-order chi connectivity index (χ0) is 18.5. The van der Waals surface area contributed by atoms with Gasteiger partial charge in [0.05, 0.1) is 0 Å². The Kier molecular flexibility index (Phi) is 5.10. The van der Waals surface area contributed by atoms with E-state index in [9.17, 15) is 4.79 Å². The van der Waals surface area contributed by atoms with Gasteiger partial charge in [0.1, 0.15) is 5.65 Å². The molecule has 0 radical (unpaired) electrons. The molecule has 27 heavy (non-hydrogen) atoms. The number of unbranched alkanes of at least 4 members (excludes halogenated alkanes) is 1. The molecule has 4 rings (SSSR count). The van der Waals surface area contributed by atoms with Crippen molar-refractivity contribution in [2.75, 3.05) is 0 Å². The summed E-state index contributed by atoms with van der Waals surface area (Å²) in [5.41, 5.74) is 3.82. The number of hydrogen-bond donors (Lipinski definition) is 0. The summed E-state index contributed by atoms with van der Waals surface area (Å²) < 4.78 is 1.84. The Balaban J connectivity index is 1.62. The lowest BCUT2D eigenvalue weighted by molar-refractivity contribution is 0.606. The van der Waals surface area contributed by atoms with Gasteiger partial charge in [-0.25, -0.2) is 4.98 Å². The minimum atomic E-state index is 0.0344. The second-order valence-corrected chi connectivity index (χ2v) is 6.74. The first-order chi connectivity index (χ1) is 13.3. The third-order valence-electron chi connectivity index (χ3n) is 4.87. The third kappa shape index (κ3) is 3.82. The molecule has 0 atom stereocenters. The first kappa shape index (κ1) is 17.2. The van der Waals surface area contributed by atoms with E-state index in [0.717, 1.165) is 41.4 Å². The molecule has 0 spiro atoms. The number of benzene rings is 2. The standard InChI is InChI=1S/C24H22N2O/c27-24-22(20-13-5-2-6-14-20)18-21-15-9-16-25-23(21)26(24)17-8-7-12-19-10-3-1-4-11-19/h1-6,9-11,13-16,18H,7-8,12,17H2. The van der Waals surface area contributed by atoms with E-state index in [0.29, 0.717) is 6.54 Å². The Morgan fingerprint density at radius 2 is 1.56 bits per heavy atom. The molecule has 2 heterocycles. The number of nitrogens with zero attached hydrogens (tertiary/aromatic N) is 2. The Morgan fingerprint density at radius 1 is 0.815 bits per heavy atom. The molecular weight excluding hydrogens is 332 g/mol. The van der Waals surface area contributed by atoms with Crippen molar-refractivity contribution in [3.8, 4) is 11.1 Å². The van der Waals surface area contributed by atoms with Gasteiger partial charge in [-0.3, -0.25) is 9.36 Å². The van der Waals surface area contributed by atoms with Gasteiger partial charge in [-0.1, -0.05) is 60.7 Å². The number of hydrogen-bond acceptors (Lipinski definition) is 2. The van der Waals surface area contributed by atoms with Crippen LogP contribution >= 0.6 is 0 Å². The van der Waals surface area contributed by atoms with E-state index in [1.807, 2.05) is 59.2 Å². The predicted molar refractivity (Wildman–Crippen MR) is 111 cm³/mol. The van der Waals surface area contributed by atoms with Crippen LogP contribution < -0.4 is 5.56 Å². The first-order valence-corrected chi connectivity index (χ1v) is 9.41.